The van der Waals surface area contributed by atoms with Gasteiger partial charge in [0.1, 0.15) is 0 Å². The minimum Gasteiger partial charge on any atom is -0.436 e. The van der Waals surface area contributed by atoms with E-state index in [4.69, 9.17) is 9.40 Å². The minimum atomic E-state index is 0.403. The summed E-state index contributed by atoms with van der Waals surface area (Å²) in [5.41, 5.74) is 18.5. The largest absolute Gasteiger partial charge is 0.436 e. The lowest BCUT2D eigenvalue weighted by molar-refractivity contribution is 0.512. The second-order valence-corrected chi connectivity index (χ2v) is 16.2. The molecule has 2 aliphatic carbocycles. The van der Waals surface area contributed by atoms with Gasteiger partial charge in [0.15, 0.2) is 5.76 Å². The standard InChI is InChI=1S/C59H44N2O/c1-5-13-41(14-6-1)44-21-24-49(25-22-44)59-60-57-38-31-48-23-26-50(39-56(48)58(57)62-59)54-37-36-53(40-55(54)47-19-11-4-12-20-47)61(51-32-27-45(28-33-51)42-15-7-2-8-16-42)52-34-29-46(30-35-52)43-17-9-3-10-18-43/h1-22,24-30,32-37,39-40,48H,23,31,38H2. The molecule has 0 fully saturated rings. The van der Waals surface area contributed by atoms with Crippen molar-refractivity contribution in [1.82, 2.24) is 4.98 Å². The zero-order valence-electron chi connectivity index (χ0n) is 34.4. The van der Waals surface area contributed by atoms with E-state index < -0.39 is 0 Å². The maximum atomic E-state index is 6.71. The van der Waals surface area contributed by atoms with Gasteiger partial charge in [0.05, 0.1) is 5.69 Å². The third-order valence-corrected chi connectivity index (χ3v) is 12.4. The highest BCUT2D eigenvalue weighted by Crippen LogP contribution is 2.47. The van der Waals surface area contributed by atoms with E-state index >= 15 is 0 Å². The lowest BCUT2D eigenvalue weighted by Gasteiger charge is -2.29. The Kier molecular flexibility index (Phi) is 9.84. The van der Waals surface area contributed by atoms with Gasteiger partial charge in [0.2, 0.25) is 5.89 Å². The van der Waals surface area contributed by atoms with Crippen LogP contribution in [0.5, 0.6) is 0 Å². The number of nitrogens with zero attached hydrogens (tertiary/aromatic N) is 2. The summed E-state index contributed by atoms with van der Waals surface area (Å²) >= 11 is 0. The number of fused-ring (bicyclic) bond motifs is 3. The maximum absolute atomic E-state index is 6.71. The molecule has 2 aliphatic rings. The van der Waals surface area contributed by atoms with Crippen molar-refractivity contribution in [2.75, 3.05) is 4.90 Å². The van der Waals surface area contributed by atoms with Crippen molar-refractivity contribution in [3.63, 3.8) is 0 Å². The predicted octanol–water partition coefficient (Wildman–Crippen LogP) is 15.9. The van der Waals surface area contributed by atoms with Gasteiger partial charge in [0, 0.05) is 28.2 Å². The average Bonchev–Trinajstić information content (AvgIpc) is 3.81. The van der Waals surface area contributed by atoms with Crippen LogP contribution in [0.15, 0.2) is 229 Å². The molecule has 0 N–H and O–H groups in total. The van der Waals surface area contributed by atoms with Gasteiger partial charge in [-0.05, 0) is 135 Å². The molecular weight excluding hydrogens is 753 g/mol. The van der Waals surface area contributed by atoms with Gasteiger partial charge in [-0.2, -0.15) is 0 Å². The smallest absolute Gasteiger partial charge is 0.226 e. The molecule has 1 atom stereocenters. The Morgan fingerprint density at radius 3 is 1.42 bits per heavy atom. The first-order valence-corrected chi connectivity index (χ1v) is 21.6. The topological polar surface area (TPSA) is 29.3 Å². The van der Waals surface area contributed by atoms with Crippen molar-refractivity contribution < 1.29 is 4.42 Å². The van der Waals surface area contributed by atoms with Crippen LogP contribution in [-0.4, -0.2) is 4.98 Å². The van der Waals surface area contributed by atoms with Crippen molar-refractivity contribution in [2.24, 2.45) is 5.92 Å². The second-order valence-electron chi connectivity index (χ2n) is 16.2. The first kappa shape index (κ1) is 37.3. The van der Waals surface area contributed by atoms with E-state index in [1.807, 2.05) is 6.07 Å². The van der Waals surface area contributed by atoms with Crippen LogP contribution in [0.2, 0.25) is 0 Å². The van der Waals surface area contributed by atoms with Crippen molar-refractivity contribution in [3.8, 4) is 56.0 Å². The van der Waals surface area contributed by atoms with Crippen molar-refractivity contribution in [3.05, 3.63) is 241 Å². The monoisotopic (exact) mass is 796 g/mol. The molecule has 0 saturated carbocycles. The summed E-state index contributed by atoms with van der Waals surface area (Å²) in [4.78, 5) is 7.45. The number of aromatic nitrogens is 1. The normalized spacial score (nSPS) is 14.3. The number of rotatable bonds is 9. The van der Waals surface area contributed by atoms with Crippen molar-refractivity contribution in [1.29, 1.82) is 0 Å². The number of anilines is 3. The van der Waals surface area contributed by atoms with Crippen molar-refractivity contribution in [2.45, 2.75) is 19.3 Å². The van der Waals surface area contributed by atoms with E-state index in [2.05, 4.69) is 223 Å². The molecule has 11 rings (SSSR count). The molecular formula is C59H44N2O. The van der Waals surface area contributed by atoms with Crippen LogP contribution in [-0.2, 0) is 6.42 Å². The molecule has 0 aliphatic heterocycles. The highest BCUT2D eigenvalue weighted by Gasteiger charge is 2.31. The summed E-state index contributed by atoms with van der Waals surface area (Å²) in [7, 11) is 0. The number of hydrogen-bond acceptors (Lipinski definition) is 3. The third kappa shape index (κ3) is 7.29. The fraction of sp³-hybridized carbons (Fsp3) is 0.0678. The van der Waals surface area contributed by atoms with E-state index in [1.54, 1.807) is 0 Å². The van der Waals surface area contributed by atoms with E-state index in [1.165, 1.54) is 61.2 Å². The molecule has 0 spiro atoms. The Morgan fingerprint density at radius 2 is 0.887 bits per heavy atom. The maximum Gasteiger partial charge on any atom is 0.226 e. The fourth-order valence-corrected chi connectivity index (χ4v) is 9.16. The van der Waals surface area contributed by atoms with Crippen LogP contribution in [0.25, 0.3) is 67.1 Å². The molecule has 0 radical (unpaired) electrons. The van der Waals surface area contributed by atoms with Crippen LogP contribution < -0.4 is 4.90 Å². The summed E-state index contributed by atoms with van der Waals surface area (Å²) < 4.78 is 6.71. The lowest BCUT2D eigenvalue weighted by Crippen LogP contribution is -2.14. The number of aryl methyl sites for hydroxylation is 1. The Hall–Kier alpha value is -7.75. The summed E-state index contributed by atoms with van der Waals surface area (Å²) in [5.74, 6) is 2.03. The highest BCUT2D eigenvalue weighted by molar-refractivity contribution is 5.94. The van der Waals surface area contributed by atoms with Gasteiger partial charge in [-0.1, -0.05) is 170 Å². The number of oxazole rings is 1. The van der Waals surface area contributed by atoms with E-state index in [9.17, 15) is 0 Å². The first-order valence-electron chi connectivity index (χ1n) is 21.6. The molecule has 0 amide bonds. The van der Waals surface area contributed by atoms with Crippen molar-refractivity contribution >= 4 is 28.2 Å². The molecule has 1 unspecified atom stereocenters. The molecule has 1 aromatic heterocycles. The molecule has 1 heterocycles. The fourth-order valence-electron chi connectivity index (χ4n) is 9.16. The van der Waals surface area contributed by atoms with E-state index in [0.29, 0.717) is 11.8 Å². The molecule has 3 heteroatoms. The quantitative estimate of drug-likeness (QED) is 0.146. The van der Waals surface area contributed by atoms with Gasteiger partial charge < -0.3 is 9.32 Å². The Morgan fingerprint density at radius 1 is 0.435 bits per heavy atom. The van der Waals surface area contributed by atoms with E-state index in [0.717, 1.165) is 53.3 Å². The summed E-state index contributed by atoms with van der Waals surface area (Å²) in [6, 6.07) is 75.8. The number of hydrogen-bond donors (Lipinski definition) is 0. The Bertz CT molecular complexity index is 2960. The van der Waals surface area contributed by atoms with Crippen LogP contribution in [0.4, 0.5) is 17.1 Å². The molecule has 0 saturated heterocycles. The first-order chi connectivity index (χ1) is 30.7. The van der Waals surface area contributed by atoms with Gasteiger partial charge in [-0.15, -0.1) is 0 Å². The molecule has 3 nitrogen and oxygen atoms in total. The van der Waals surface area contributed by atoms with Crippen LogP contribution >= 0.6 is 0 Å². The van der Waals surface area contributed by atoms with E-state index in [-0.39, 0.29) is 0 Å². The summed E-state index contributed by atoms with van der Waals surface area (Å²) in [6.45, 7) is 0. The van der Waals surface area contributed by atoms with Gasteiger partial charge in [-0.3, -0.25) is 0 Å². The minimum absolute atomic E-state index is 0.403. The predicted molar refractivity (Wildman–Crippen MR) is 257 cm³/mol. The van der Waals surface area contributed by atoms with Gasteiger partial charge in [0.25, 0.3) is 0 Å². The van der Waals surface area contributed by atoms with Gasteiger partial charge in [-0.25, -0.2) is 4.98 Å². The number of allylic oxidation sites excluding steroid dienone is 4. The zero-order chi connectivity index (χ0) is 41.2. The third-order valence-electron chi connectivity index (χ3n) is 12.4. The zero-order valence-corrected chi connectivity index (χ0v) is 34.4. The molecule has 296 valence electrons. The van der Waals surface area contributed by atoms with Crippen LogP contribution in [0.1, 0.15) is 29.9 Å². The second kappa shape index (κ2) is 16.4. The summed E-state index contributed by atoms with van der Waals surface area (Å²) in [5, 5.41) is 0. The average molecular weight is 797 g/mol. The summed E-state index contributed by atoms with van der Waals surface area (Å²) in [6.07, 6.45) is 7.76. The Balaban J connectivity index is 0.976. The van der Waals surface area contributed by atoms with Crippen LogP contribution in [0.3, 0.4) is 0 Å². The molecule has 0 bridgehead atoms. The lowest BCUT2D eigenvalue weighted by atomic mass is 9.77. The molecule has 9 aromatic rings. The van der Waals surface area contributed by atoms with Crippen LogP contribution in [0, 0.1) is 5.92 Å². The SMILES string of the molecule is C1=C(c2ccc(N(c3ccc(-c4ccccc4)cc3)c3ccc(-c4ccccc4)cc3)cc2-c2ccccc2)C=C2c3oc(-c4ccc(-c5ccccc5)cc4)nc3CCC2C1. The van der Waals surface area contributed by atoms with Gasteiger partial charge >= 0.3 is 0 Å². The molecule has 8 aromatic carbocycles. The number of benzene rings is 8. The highest BCUT2D eigenvalue weighted by atomic mass is 16.4. The Labute approximate surface area is 363 Å². The molecule has 62 heavy (non-hydrogen) atoms.